The Morgan fingerprint density at radius 1 is 1.55 bits per heavy atom. The van der Waals surface area contributed by atoms with Crippen molar-refractivity contribution in [3.63, 3.8) is 0 Å². The smallest absolute Gasteiger partial charge is 0.309 e. The molecule has 1 aliphatic carbocycles. The van der Waals surface area contributed by atoms with Gasteiger partial charge in [0.05, 0.1) is 19.1 Å². The zero-order valence-electron chi connectivity index (χ0n) is 6.91. The lowest BCUT2D eigenvalue weighted by Crippen LogP contribution is -2.23. The van der Waals surface area contributed by atoms with Crippen molar-refractivity contribution in [1.82, 2.24) is 0 Å². The number of rotatable bonds is 1. The highest BCUT2D eigenvalue weighted by molar-refractivity contribution is 5.73. The van der Waals surface area contributed by atoms with Gasteiger partial charge in [-0.15, -0.1) is 0 Å². The maximum absolute atomic E-state index is 11.0. The van der Waals surface area contributed by atoms with Crippen molar-refractivity contribution in [1.29, 1.82) is 0 Å². The molecule has 1 rings (SSSR count). The van der Waals surface area contributed by atoms with Gasteiger partial charge in [-0.25, -0.2) is 0 Å². The first kappa shape index (κ1) is 8.53. The molecular weight excluding hydrogens is 144 g/mol. The van der Waals surface area contributed by atoms with E-state index in [0.717, 1.165) is 12.8 Å². The van der Waals surface area contributed by atoms with Crippen LogP contribution in [0.3, 0.4) is 0 Å². The molecule has 1 aliphatic rings. The van der Waals surface area contributed by atoms with Gasteiger partial charge in [0, 0.05) is 0 Å². The fourth-order valence-corrected chi connectivity index (χ4v) is 1.63. The summed E-state index contributed by atoms with van der Waals surface area (Å²) in [6.45, 7) is 1.89. The summed E-state index contributed by atoms with van der Waals surface area (Å²) in [5, 5.41) is 9.30. The predicted molar refractivity (Wildman–Crippen MR) is 39.9 cm³/mol. The van der Waals surface area contributed by atoms with E-state index in [1.165, 1.54) is 7.11 Å². The highest BCUT2D eigenvalue weighted by Gasteiger charge is 2.36. The molecule has 3 nitrogen and oxygen atoms in total. The van der Waals surface area contributed by atoms with Gasteiger partial charge in [0.25, 0.3) is 0 Å². The van der Waals surface area contributed by atoms with Gasteiger partial charge in [-0.3, -0.25) is 4.79 Å². The molecule has 0 bridgehead atoms. The fraction of sp³-hybridized carbons (Fsp3) is 0.875. The van der Waals surface area contributed by atoms with E-state index in [1.807, 2.05) is 6.92 Å². The molecule has 3 unspecified atom stereocenters. The first-order chi connectivity index (χ1) is 5.16. The average molecular weight is 158 g/mol. The van der Waals surface area contributed by atoms with E-state index >= 15 is 0 Å². The summed E-state index contributed by atoms with van der Waals surface area (Å²) in [7, 11) is 1.39. The average Bonchev–Trinajstić information content (AvgIpc) is 2.32. The Balaban J connectivity index is 2.54. The molecule has 1 saturated carbocycles. The molecule has 0 aromatic carbocycles. The van der Waals surface area contributed by atoms with Crippen LogP contribution in [0.25, 0.3) is 0 Å². The minimum atomic E-state index is -0.320. The van der Waals surface area contributed by atoms with Gasteiger partial charge in [0.1, 0.15) is 0 Å². The standard InChI is InChI=1S/C8H14O3/c1-5-6(8(10)11-2)3-4-7(5)9/h5-7,9H,3-4H2,1-2H3. The van der Waals surface area contributed by atoms with Crippen molar-refractivity contribution >= 4 is 5.97 Å². The van der Waals surface area contributed by atoms with Gasteiger partial charge in [0.2, 0.25) is 0 Å². The van der Waals surface area contributed by atoms with Crippen LogP contribution in [0.5, 0.6) is 0 Å². The van der Waals surface area contributed by atoms with Gasteiger partial charge < -0.3 is 9.84 Å². The molecule has 64 valence electrons. The predicted octanol–water partition coefficient (Wildman–Crippen LogP) is 0.566. The summed E-state index contributed by atoms with van der Waals surface area (Å²) in [4.78, 5) is 11.0. The topological polar surface area (TPSA) is 46.5 Å². The molecule has 0 saturated heterocycles. The normalized spacial score (nSPS) is 37.2. The van der Waals surface area contributed by atoms with E-state index in [1.54, 1.807) is 0 Å². The van der Waals surface area contributed by atoms with Crippen molar-refractivity contribution in [2.45, 2.75) is 25.9 Å². The number of esters is 1. The third-order valence-corrected chi connectivity index (χ3v) is 2.52. The molecule has 1 N–H and O–H groups in total. The van der Waals surface area contributed by atoms with Crippen LogP contribution in [0, 0.1) is 11.8 Å². The van der Waals surface area contributed by atoms with Crippen molar-refractivity contribution in [3.05, 3.63) is 0 Å². The summed E-state index contributed by atoms with van der Waals surface area (Å²) in [5.74, 6) is -0.216. The molecular formula is C8H14O3. The van der Waals surface area contributed by atoms with Crippen LogP contribution in [-0.2, 0) is 9.53 Å². The molecule has 0 amide bonds. The molecule has 11 heavy (non-hydrogen) atoms. The molecule has 0 spiro atoms. The maximum atomic E-state index is 11.0. The molecule has 3 atom stereocenters. The monoisotopic (exact) mass is 158 g/mol. The quantitative estimate of drug-likeness (QED) is 0.567. The van der Waals surface area contributed by atoms with Crippen LogP contribution in [0.4, 0.5) is 0 Å². The van der Waals surface area contributed by atoms with E-state index in [9.17, 15) is 9.90 Å². The SMILES string of the molecule is COC(=O)C1CCC(O)C1C. The van der Waals surface area contributed by atoms with Gasteiger partial charge in [0.15, 0.2) is 0 Å². The van der Waals surface area contributed by atoms with Crippen molar-refractivity contribution in [2.24, 2.45) is 11.8 Å². The summed E-state index contributed by atoms with van der Waals surface area (Å²) >= 11 is 0. The van der Waals surface area contributed by atoms with Crippen LogP contribution in [0.15, 0.2) is 0 Å². The lowest BCUT2D eigenvalue weighted by molar-refractivity contribution is -0.147. The first-order valence-electron chi connectivity index (χ1n) is 3.92. The third kappa shape index (κ3) is 1.53. The molecule has 0 radical (unpaired) electrons. The Bertz CT molecular complexity index is 155. The van der Waals surface area contributed by atoms with E-state index in [4.69, 9.17) is 0 Å². The summed E-state index contributed by atoms with van der Waals surface area (Å²) in [6.07, 6.45) is 1.16. The number of carbonyl (C=O) groups is 1. The van der Waals surface area contributed by atoms with Crippen LogP contribution >= 0.6 is 0 Å². The van der Waals surface area contributed by atoms with Crippen LogP contribution < -0.4 is 0 Å². The third-order valence-electron chi connectivity index (χ3n) is 2.52. The first-order valence-corrected chi connectivity index (χ1v) is 3.92. The Kier molecular flexibility index (Phi) is 2.49. The molecule has 0 aliphatic heterocycles. The van der Waals surface area contributed by atoms with Gasteiger partial charge in [-0.05, 0) is 18.8 Å². The molecule has 0 aromatic rings. The molecule has 0 heterocycles. The van der Waals surface area contributed by atoms with Crippen molar-refractivity contribution in [3.8, 4) is 0 Å². The number of aliphatic hydroxyl groups is 1. The van der Waals surface area contributed by atoms with Gasteiger partial charge in [-0.2, -0.15) is 0 Å². The Hall–Kier alpha value is -0.570. The highest BCUT2D eigenvalue weighted by atomic mass is 16.5. The summed E-state index contributed by atoms with van der Waals surface area (Å²) in [6, 6.07) is 0. The number of hydrogen-bond acceptors (Lipinski definition) is 3. The van der Waals surface area contributed by atoms with E-state index < -0.39 is 0 Å². The lowest BCUT2D eigenvalue weighted by atomic mass is 9.97. The summed E-state index contributed by atoms with van der Waals surface area (Å²) < 4.78 is 4.60. The lowest BCUT2D eigenvalue weighted by Gasteiger charge is -2.14. The largest absolute Gasteiger partial charge is 0.469 e. The van der Waals surface area contributed by atoms with Crippen LogP contribution in [0.1, 0.15) is 19.8 Å². The van der Waals surface area contributed by atoms with Crippen LogP contribution in [-0.4, -0.2) is 24.3 Å². The fourth-order valence-electron chi connectivity index (χ4n) is 1.63. The summed E-state index contributed by atoms with van der Waals surface area (Å²) in [5.41, 5.74) is 0. The van der Waals surface area contributed by atoms with Gasteiger partial charge in [-0.1, -0.05) is 6.92 Å². The minimum Gasteiger partial charge on any atom is -0.469 e. The number of aliphatic hydroxyl groups excluding tert-OH is 1. The van der Waals surface area contributed by atoms with Crippen LogP contribution in [0.2, 0.25) is 0 Å². The Labute approximate surface area is 66.4 Å². The second-order valence-electron chi connectivity index (χ2n) is 3.13. The Morgan fingerprint density at radius 3 is 2.55 bits per heavy atom. The number of ether oxygens (including phenoxy) is 1. The number of carbonyl (C=O) groups excluding carboxylic acids is 1. The van der Waals surface area contributed by atoms with Crippen molar-refractivity contribution in [2.75, 3.05) is 7.11 Å². The molecule has 0 aromatic heterocycles. The second kappa shape index (κ2) is 3.22. The maximum Gasteiger partial charge on any atom is 0.309 e. The van der Waals surface area contributed by atoms with E-state index in [0.29, 0.717) is 0 Å². The van der Waals surface area contributed by atoms with E-state index in [2.05, 4.69) is 4.74 Å². The Morgan fingerprint density at radius 2 is 2.18 bits per heavy atom. The minimum absolute atomic E-state index is 0.0578. The van der Waals surface area contributed by atoms with E-state index in [-0.39, 0.29) is 23.9 Å². The molecule has 1 fully saturated rings. The number of methoxy groups -OCH3 is 1. The van der Waals surface area contributed by atoms with Crippen molar-refractivity contribution < 1.29 is 14.6 Å². The highest BCUT2D eigenvalue weighted by Crippen LogP contribution is 2.32. The van der Waals surface area contributed by atoms with Gasteiger partial charge >= 0.3 is 5.97 Å². The number of hydrogen-bond donors (Lipinski definition) is 1. The molecule has 3 heteroatoms. The zero-order valence-corrected chi connectivity index (χ0v) is 6.91. The zero-order chi connectivity index (χ0) is 8.43. The second-order valence-corrected chi connectivity index (χ2v) is 3.13.